The van der Waals surface area contributed by atoms with Gasteiger partial charge in [0.2, 0.25) is 11.8 Å². The largest absolute Gasteiger partial charge is 0.508 e. The predicted octanol–water partition coefficient (Wildman–Crippen LogP) is 4.11. The van der Waals surface area contributed by atoms with Gasteiger partial charge in [-0.2, -0.15) is 12.6 Å². The van der Waals surface area contributed by atoms with Gasteiger partial charge in [-0.05, 0) is 63.8 Å². The van der Waals surface area contributed by atoms with E-state index in [2.05, 4.69) is 23.3 Å². The molecule has 0 spiro atoms. The maximum Gasteiger partial charge on any atom is 0.408 e. The summed E-state index contributed by atoms with van der Waals surface area (Å²) in [5.41, 5.74) is 0.467. The smallest absolute Gasteiger partial charge is 0.408 e. The third-order valence-corrected chi connectivity index (χ3v) is 5.50. The molecule has 3 N–H and O–H groups in total. The first-order chi connectivity index (χ1) is 15.9. The molecule has 2 unspecified atom stereocenters. The molecule has 0 aromatic heterocycles. The number of aryl methyl sites for hydroxylation is 1. The summed E-state index contributed by atoms with van der Waals surface area (Å²) in [6.07, 6.45) is 2.50. The number of benzene rings is 1. The Morgan fingerprint density at radius 3 is 2.32 bits per heavy atom. The lowest BCUT2D eigenvalue weighted by atomic mass is 10.00. The van der Waals surface area contributed by atoms with Gasteiger partial charge in [0, 0.05) is 18.8 Å². The normalized spacial score (nSPS) is 13.0. The van der Waals surface area contributed by atoms with E-state index in [1.807, 2.05) is 13.8 Å². The van der Waals surface area contributed by atoms with Crippen LogP contribution in [-0.2, 0) is 14.3 Å². The zero-order chi connectivity index (χ0) is 25.9. The van der Waals surface area contributed by atoms with E-state index in [0.29, 0.717) is 30.6 Å². The molecule has 0 radical (unpaired) electrons. The average molecular weight is 496 g/mol. The maximum atomic E-state index is 13.7. The summed E-state index contributed by atoms with van der Waals surface area (Å²) in [7, 11) is 0. The molecule has 9 heteroatoms. The SMILES string of the molecule is CCCCNC(=O)C(c1ccc(O)c(C)c1)N(CCCC)C(=O)C(CS)NC(=O)OC(C)(C)C. The zero-order valence-electron chi connectivity index (χ0n) is 21.3. The number of rotatable bonds is 12. The molecule has 0 aliphatic heterocycles. The van der Waals surface area contributed by atoms with Gasteiger partial charge in [0.25, 0.3) is 0 Å². The van der Waals surface area contributed by atoms with Crippen LogP contribution < -0.4 is 10.6 Å². The highest BCUT2D eigenvalue weighted by Gasteiger charge is 2.35. The number of amides is 3. The number of unbranched alkanes of at least 4 members (excludes halogenated alkanes) is 2. The minimum absolute atomic E-state index is 0.0412. The van der Waals surface area contributed by atoms with E-state index in [4.69, 9.17) is 4.74 Å². The third-order valence-electron chi connectivity index (χ3n) is 5.13. The maximum absolute atomic E-state index is 13.7. The van der Waals surface area contributed by atoms with E-state index in [1.165, 1.54) is 11.0 Å². The number of aromatic hydroxyl groups is 1. The fourth-order valence-electron chi connectivity index (χ4n) is 3.34. The van der Waals surface area contributed by atoms with Crippen molar-refractivity contribution in [3.8, 4) is 5.75 Å². The molecule has 1 rings (SSSR count). The number of phenols is 1. The van der Waals surface area contributed by atoms with Crippen LogP contribution in [0, 0.1) is 6.92 Å². The van der Waals surface area contributed by atoms with Crippen molar-refractivity contribution in [3.05, 3.63) is 29.3 Å². The van der Waals surface area contributed by atoms with Crippen molar-refractivity contribution < 1.29 is 24.2 Å². The molecule has 0 saturated heterocycles. The van der Waals surface area contributed by atoms with E-state index in [0.717, 1.165) is 19.3 Å². The van der Waals surface area contributed by atoms with Gasteiger partial charge in [-0.25, -0.2) is 4.79 Å². The summed E-state index contributed by atoms with van der Waals surface area (Å²) in [6, 6.07) is 2.99. The summed E-state index contributed by atoms with van der Waals surface area (Å²) in [6.45, 7) is 11.8. The second-order valence-electron chi connectivity index (χ2n) is 9.36. The van der Waals surface area contributed by atoms with Crippen LogP contribution in [0.4, 0.5) is 4.79 Å². The molecule has 8 nitrogen and oxygen atoms in total. The van der Waals surface area contributed by atoms with Crippen LogP contribution in [0.3, 0.4) is 0 Å². The number of ether oxygens (including phenoxy) is 1. The average Bonchev–Trinajstić information content (AvgIpc) is 2.75. The first-order valence-electron chi connectivity index (χ1n) is 11.9. The van der Waals surface area contributed by atoms with Crippen LogP contribution in [0.25, 0.3) is 0 Å². The minimum Gasteiger partial charge on any atom is -0.508 e. The first kappa shape index (κ1) is 29.6. The molecule has 1 aromatic rings. The van der Waals surface area contributed by atoms with Gasteiger partial charge >= 0.3 is 6.09 Å². The summed E-state index contributed by atoms with van der Waals surface area (Å²) in [5, 5.41) is 15.5. The Balaban J connectivity index is 3.36. The molecule has 0 bridgehead atoms. The van der Waals surface area contributed by atoms with Crippen molar-refractivity contribution in [3.63, 3.8) is 0 Å². The monoisotopic (exact) mass is 495 g/mol. The lowest BCUT2D eigenvalue weighted by molar-refractivity contribution is -0.142. The van der Waals surface area contributed by atoms with Gasteiger partial charge in [0.15, 0.2) is 0 Å². The number of carbonyl (C=O) groups excluding carboxylic acids is 3. The highest BCUT2D eigenvalue weighted by Crippen LogP contribution is 2.27. The van der Waals surface area contributed by atoms with E-state index >= 15 is 0 Å². The van der Waals surface area contributed by atoms with Crippen LogP contribution in [0.5, 0.6) is 5.75 Å². The third kappa shape index (κ3) is 9.44. The number of nitrogens with zero attached hydrogens (tertiary/aromatic N) is 1. The minimum atomic E-state index is -0.973. The van der Waals surface area contributed by atoms with Gasteiger partial charge < -0.3 is 25.4 Å². The second kappa shape index (κ2) is 14.1. The van der Waals surface area contributed by atoms with Crippen LogP contribution in [0.2, 0.25) is 0 Å². The van der Waals surface area contributed by atoms with Crippen molar-refractivity contribution >= 4 is 30.5 Å². The number of phenolic OH excluding ortho intramolecular Hbond substituents is 1. The van der Waals surface area contributed by atoms with Gasteiger partial charge in [0.1, 0.15) is 23.4 Å². The van der Waals surface area contributed by atoms with Crippen molar-refractivity contribution in [1.82, 2.24) is 15.5 Å². The number of carbonyl (C=O) groups is 3. The molecule has 0 fully saturated rings. The molecule has 0 aliphatic rings. The lowest BCUT2D eigenvalue weighted by Gasteiger charge is -2.34. The van der Waals surface area contributed by atoms with E-state index in [-0.39, 0.29) is 17.4 Å². The number of nitrogens with one attached hydrogen (secondary N) is 2. The van der Waals surface area contributed by atoms with E-state index < -0.39 is 29.7 Å². The standard InChI is InChI=1S/C25H41N3O5S/c1-7-9-13-26-22(30)21(18-11-12-20(29)17(3)15-18)28(14-10-8-2)23(31)19(16-34)27-24(32)33-25(4,5)6/h11-12,15,19,21,29,34H,7-10,13-14,16H2,1-6H3,(H,26,30)(H,27,32). The molecule has 2 atom stereocenters. The van der Waals surface area contributed by atoms with E-state index in [9.17, 15) is 19.5 Å². The van der Waals surface area contributed by atoms with Crippen LogP contribution in [0.15, 0.2) is 18.2 Å². The molecule has 0 aliphatic carbocycles. The van der Waals surface area contributed by atoms with Crippen molar-refractivity contribution in [2.24, 2.45) is 0 Å². The van der Waals surface area contributed by atoms with Crippen molar-refractivity contribution in [2.75, 3.05) is 18.8 Å². The highest BCUT2D eigenvalue weighted by atomic mass is 32.1. The van der Waals surface area contributed by atoms with Crippen LogP contribution in [-0.4, -0.2) is 58.4 Å². The fraction of sp³-hybridized carbons (Fsp3) is 0.640. The topological polar surface area (TPSA) is 108 Å². The Morgan fingerprint density at radius 2 is 1.79 bits per heavy atom. The van der Waals surface area contributed by atoms with Crippen LogP contribution >= 0.6 is 12.6 Å². The molecule has 0 saturated carbocycles. The van der Waals surface area contributed by atoms with Crippen LogP contribution in [0.1, 0.15) is 77.5 Å². The summed E-state index contributed by atoms with van der Waals surface area (Å²) < 4.78 is 5.31. The Hall–Kier alpha value is -2.42. The molecule has 1 aromatic carbocycles. The Kier molecular flexibility index (Phi) is 12.3. The predicted molar refractivity (Wildman–Crippen MR) is 137 cm³/mol. The van der Waals surface area contributed by atoms with Crippen molar-refractivity contribution in [1.29, 1.82) is 0 Å². The number of hydrogen-bond acceptors (Lipinski definition) is 6. The number of hydrogen-bond donors (Lipinski definition) is 4. The quantitative estimate of drug-likeness (QED) is 0.258. The second-order valence-corrected chi connectivity index (χ2v) is 9.72. The zero-order valence-corrected chi connectivity index (χ0v) is 22.2. The van der Waals surface area contributed by atoms with Gasteiger partial charge in [0.05, 0.1) is 0 Å². The fourth-order valence-corrected chi connectivity index (χ4v) is 3.58. The number of thiol groups is 1. The summed E-state index contributed by atoms with van der Waals surface area (Å²) in [5.74, 6) is -0.576. The number of alkyl carbamates (subject to hydrolysis) is 1. The summed E-state index contributed by atoms with van der Waals surface area (Å²) >= 11 is 4.28. The molecular weight excluding hydrogens is 454 g/mol. The molecular formula is C25H41N3O5S. The molecule has 192 valence electrons. The molecule has 3 amide bonds. The summed E-state index contributed by atoms with van der Waals surface area (Å²) in [4.78, 5) is 40.9. The lowest BCUT2D eigenvalue weighted by Crippen LogP contribution is -2.54. The Labute approximate surface area is 209 Å². The highest BCUT2D eigenvalue weighted by molar-refractivity contribution is 7.80. The van der Waals surface area contributed by atoms with Gasteiger partial charge in [-0.3, -0.25) is 9.59 Å². The Bertz CT molecular complexity index is 825. The first-order valence-corrected chi connectivity index (χ1v) is 12.6. The van der Waals surface area contributed by atoms with Gasteiger partial charge in [-0.15, -0.1) is 0 Å². The molecule has 0 heterocycles. The van der Waals surface area contributed by atoms with Crippen molar-refractivity contribution in [2.45, 2.75) is 84.9 Å². The van der Waals surface area contributed by atoms with Gasteiger partial charge in [-0.1, -0.05) is 32.8 Å². The van der Waals surface area contributed by atoms with E-state index in [1.54, 1.807) is 39.8 Å². The Morgan fingerprint density at radius 1 is 1.15 bits per heavy atom. The molecule has 34 heavy (non-hydrogen) atoms.